The normalized spacial score (nSPS) is 13.4. The third-order valence-electron chi connectivity index (χ3n) is 5.23. The molecule has 1 heterocycles. The van der Waals surface area contributed by atoms with E-state index in [0.29, 0.717) is 24.4 Å². The van der Waals surface area contributed by atoms with Crippen LogP contribution < -0.4 is 15.0 Å². The molecule has 1 atom stereocenters. The van der Waals surface area contributed by atoms with Crippen LogP contribution in [0.4, 0.5) is 5.69 Å². The van der Waals surface area contributed by atoms with Gasteiger partial charge in [-0.15, -0.1) is 0 Å². The summed E-state index contributed by atoms with van der Waals surface area (Å²) in [5.41, 5.74) is 3.53. The Morgan fingerprint density at radius 1 is 0.967 bits per heavy atom. The van der Waals surface area contributed by atoms with Crippen LogP contribution in [0.25, 0.3) is 0 Å². The van der Waals surface area contributed by atoms with Crippen molar-refractivity contribution in [3.8, 4) is 5.75 Å². The van der Waals surface area contributed by atoms with Crippen molar-refractivity contribution in [3.05, 3.63) is 95.6 Å². The van der Waals surface area contributed by atoms with E-state index in [4.69, 9.17) is 4.74 Å². The first-order valence-corrected chi connectivity index (χ1v) is 10.1. The number of amides is 2. The number of benzene rings is 3. The zero-order valence-electron chi connectivity index (χ0n) is 16.9. The number of fused-ring (bicyclic) bond motifs is 1. The number of carbonyl (C=O) groups is 2. The second-order valence-corrected chi connectivity index (χ2v) is 7.29. The lowest BCUT2D eigenvalue weighted by Crippen LogP contribution is -2.39. The van der Waals surface area contributed by atoms with Gasteiger partial charge >= 0.3 is 0 Å². The maximum Gasteiger partial charge on any atom is 0.267 e. The first-order valence-electron chi connectivity index (χ1n) is 10.1. The third kappa shape index (κ3) is 4.20. The molecule has 1 aliphatic heterocycles. The van der Waals surface area contributed by atoms with Gasteiger partial charge in [-0.2, -0.15) is 0 Å². The molecule has 0 fully saturated rings. The summed E-state index contributed by atoms with van der Waals surface area (Å²) >= 11 is 0. The Hall–Kier alpha value is -3.60. The van der Waals surface area contributed by atoms with E-state index in [1.165, 1.54) is 5.56 Å². The summed E-state index contributed by atoms with van der Waals surface area (Å²) in [7, 11) is 0. The molecule has 0 aliphatic carbocycles. The van der Waals surface area contributed by atoms with Crippen LogP contribution in [0, 0.1) is 0 Å². The molecule has 1 unspecified atom stereocenters. The van der Waals surface area contributed by atoms with E-state index >= 15 is 0 Å². The molecule has 0 bridgehead atoms. The number of hydrogen-bond acceptors (Lipinski definition) is 3. The van der Waals surface area contributed by atoms with Gasteiger partial charge in [-0.25, -0.2) is 0 Å². The lowest BCUT2D eigenvalue weighted by atomic mass is 10.1. The Kier molecular flexibility index (Phi) is 5.80. The molecule has 1 aliphatic rings. The number of nitrogens with zero attached hydrogens (tertiary/aromatic N) is 1. The number of para-hydroxylation sites is 2. The number of rotatable bonds is 6. The molecule has 2 amide bonds. The van der Waals surface area contributed by atoms with Crippen LogP contribution in [0.1, 0.15) is 28.4 Å². The second kappa shape index (κ2) is 8.82. The van der Waals surface area contributed by atoms with Crippen LogP contribution >= 0.6 is 0 Å². The molecule has 30 heavy (non-hydrogen) atoms. The van der Waals surface area contributed by atoms with Gasteiger partial charge in [-0.3, -0.25) is 9.59 Å². The highest BCUT2D eigenvalue weighted by atomic mass is 16.5. The van der Waals surface area contributed by atoms with E-state index in [0.717, 1.165) is 17.7 Å². The fourth-order valence-corrected chi connectivity index (χ4v) is 3.66. The van der Waals surface area contributed by atoms with Crippen LogP contribution in [0.3, 0.4) is 0 Å². The Balaban J connectivity index is 1.45. The monoisotopic (exact) mass is 400 g/mol. The number of ether oxygens (including phenoxy) is 1. The first-order chi connectivity index (χ1) is 14.6. The van der Waals surface area contributed by atoms with E-state index in [1.54, 1.807) is 36.1 Å². The Labute approximate surface area is 176 Å². The number of carbonyl (C=O) groups excluding carboxylic acids is 2. The quantitative estimate of drug-likeness (QED) is 0.681. The summed E-state index contributed by atoms with van der Waals surface area (Å²) in [6.45, 7) is 2.79. The average molecular weight is 400 g/mol. The summed E-state index contributed by atoms with van der Waals surface area (Å²) in [6.07, 6.45) is 0.131. The van der Waals surface area contributed by atoms with E-state index in [2.05, 4.69) is 5.32 Å². The van der Waals surface area contributed by atoms with Crippen LogP contribution in [-0.2, 0) is 17.8 Å². The molecule has 0 radical (unpaired) electrons. The molecule has 152 valence electrons. The number of hydrogen-bond donors (Lipinski definition) is 1. The lowest BCUT2D eigenvalue weighted by molar-refractivity contribution is -0.124. The van der Waals surface area contributed by atoms with Gasteiger partial charge in [0.1, 0.15) is 5.75 Å². The molecule has 0 aromatic heterocycles. The SMILES string of the molecule is CC(Oc1ccccc1C(=O)NCc1ccccc1)C(=O)N1CCc2ccccc21. The van der Waals surface area contributed by atoms with Gasteiger partial charge < -0.3 is 15.0 Å². The maximum atomic E-state index is 13.0. The minimum Gasteiger partial charge on any atom is -0.480 e. The number of nitrogens with one attached hydrogen (secondary N) is 1. The van der Waals surface area contributed by atoms with Crippen LogP contribution in [-0.4, -0.2) is 24.5 Å². The maximum absolute atomic E-state index is 13.0. The van der Waals surface area contributed by atoms with Gasteiger partial charge in [0.05, 0.1) is 5.56 Å². The van der Waals surface area contributed by atoms with Gasteiger partial charge in [-0.05, 0) is 42.7 Å². The highest BCUT2D eigenvalue weighted by Crippen LogP contribution is 2.29. The van der Waals surface area contributed by atoms with E-state index in [9.17, 15) is 9.59 Å². The smallest absolute Gasteiger partial charge is 0.267 e. The minimum atomic E-state index is -0.709. The highest BCUT2D eigenvalue weighted by Gasteiger charge is 2.29. The molecule has 1 N–H and O–H groups in total. The Morgan fingerprint density at radius 2 is 1.67 bits per heavy atom. The van der Waals surface area contributed by atoms with E-state index in [-0.39, 0.29) is 11.8 Å². The summed E-state index contributed by atoms with van der Waals surface area (Å²) in [5.74, 6) is 0.0523. The standard InChI is InChI=1S/C25H24N2O3/c1-18(25(29)27-16-15-20-11-5-7-13-22(20)27)30-23-14-8-6-12-21(23)24(28)26-17-19-9-3-2-4-10-19/h2-14,18H,15-17H2,1H3,(H,26,28). The fraction of sp³-hybridized carbons (Fsp3) is 0.200. The van der Waals surface area contributed by atoms with Crippen molar-refractivity contribution in [2.75, 3.05) is 11.4 Å². The lowest BCUT2D eigenvalue weighted by Gasteiger charge is -2.23. The zero-order valence-corrected chi connectivity index (χ0v) is 16.9. The van der Waals surface area contributed by atoms with Crippen molar-refractivity contribution in [3.63, 3.8) is 0 Å². The molecular formula is C25H24N2O3. The highest BCUT2D eigenvalue weighted by molar-refractivity contribution is 5.99. The van der Waals surface area contributed by atoms with Crippen molar-refractivity contribution in [2.24, 2.45) is 0 Å². The topological polar surface area (TPSA) is 58.6 Å². The predicted octanol–water partition coefficient (Wildman–Crippen LogP) is 3.97. The third-order valence-corrected chi connectivity index (χ3v) is 5.23. The Morgan fingerprint density at radius 3 is 2.50 bits per heavy atom. The van der Waals surface area contributed by atoms with Gasteiger partial charge in [0, 0.05) is 18.8 Å². The zero-order chi connectivity index (χ0) is 20.9. The fourth-order valence-electron chi connectivity index (χ4n) is 3.66. The molecule has 0 saturated carbocycles. The summed E-state index contributed by atoms with van der Waals surface area (Å²) < 4.78 is 5.96. The molecule has 0 spiro atoms. The Bertz CT molecular complexity index is 1050. The van der Waals surface area contributed by atoms with Crippen LogP contribution in [0.5, 0.6) is 5.75 Å². The second-order valence-electron chi connectivity index (χ2n) is 7.29. The molecule has 4 rings (SSSR count). The molecular weight excluding hydrogens is 376 g/mol. The predicted molar refractivity (Wildman–Crippen MR) is 117 cm³/mol. The first kappa shape index (κ1) is 19.7. The molecule has 5 heteroatoms. The van der Waals surface area contributed by atoms with Gasteiger partial charge in [0.2, 0.25) is 0 Å². The van der Waals surface area contributed by atoms with Gasteiger partial charge in [0.25, 0.3) is 11.8 Å². The summed E-state index contributed by atoms with van der Waals surface area (Å²) in [5, 5.41) is 2.91. The molecule has 0 saturated heterocycles. The molecule has 3 aromatic carbocycles. The van der Waals surface area contributed by atoms with Crippen LogP contribution in [0.15, 0.2) is 78.9 Å². The average Bonchev–Trinajstić information content (AvgIpc) is 3.22. The van der Waals surface area contributed by atoms with Crippen molar-refractivity contribution in [1.82, 2.24) is 5.32 Å². The summed E-state index contributed by atoms with van der Waals surface area (Å²) in [4.78, 5) is 27.5. The van der Waals surface area contributed by atoms with E-state index < -0.39 is 6.10 Å². The van der Waals surface area contributed by atoms with Gasteiger partial charge in [-0.1, -0.05) is 60.7 Å². The van der Waals surface area contributed by atoms with Crippen molar-refractivity contribution < 1.29 is 14.3 Å². The summed E-state index contributed by atoms with van der Waals surface area (Å²) in [6, 6.07) is 24.6. The minimum absolute atomic E-state index is 0.112. The number of anilines is 1. The van der Waals surface area contributed by atoms with E-state index in [1.807, 2.05) is 54.6 Å². The van der Waals surface area contributed by atoms with Crippen LogP contribution in [0.2, 0.25) is 0 Å². The van der Waals surface area contributed by atoms with Crippen molar-refractivity contribution >= 4 is 17.5 Å². The van der Waals surface area contributed by atoms with Gasteiger partial charge in [0.15, 0.2) is 6.10 Å². The molecule has 5 nitrogen and oxygen atoms in total. The van der Waals surface area contributed by atoms with Crippen molar-refractivity contribution in [1.29, 1.82) is 0 Å². The largest absolute Gasteiger partial charge is 0.480 e. The van der Waals surface area contributed by atoms with Crippen molar-refractivity contribution in [2.45, 2.75) is 26.0 Å². The molecule has 3 aromatic rings.